The topological polar surface area (TPSA) is 15.9 Å². The average Bonchev–Trinajstić information content (AvgIpc) is 2.30. The standard InChI is InChI=1S/C11H15N2/c1-8-11(2,3)9-6-5-7-12-10(9)13(8)4/h5-7H,1-4H3/q+1. The minimum Gasteiger partial charge on any atom is -0.234 e. The van der Waals surface area contributed by atoms with Gasteiger partial charge in [0.1, 0.15) is 6.20 Å². The monoisotopic (exact) mass is 175 g/mol. The minimum atomic E-state index is 0.137. The van der Waals surface area contributed by atoms with Crippen LogP contribution in [-0.2, 0) is 5.41 Å². The molecule has 13 heavy (non-hydrogen) atoms. The molecule has 0 aliphatic carbocycles. The summed E-state index contributed by atoms with van der Waals surface area (Å²) in [4.78, 5) is 4.39. The van der Waals surface area contributed by atoms with Gasteiger partial charge >= 0.3 is 5.82 Å². The molecule has 2 nitrogen and oxygen atoms in total. The van der Waals surface area contributed by atoms with Crippen LogP contribution >= 0.6 is 0 Å². The first kappa shape index (κ1) is 8.42. The van der Waals surface area contributed by atoms with Crippen LogP contribution in [0.15, 0.2) is 18.3 Å². The van der Waals surface area contributed by atoms with E-state index in [2.05, 4.69) is 43.4 Å². The van der Waals surface area contributed by atoms with Crippen LogP contribution in [0, 0.1) is 0 Å². The van der Waals surface area contributed by atoms with E-state index in [0.717, 1.165) is 5.82 Å². The van der Waals surface area contributed by atoms with Crippen molar-refractivity contribution in [3.05, 3.63) is 23.9 Å². The zero-order chi connectivity index (χ0) is 9.64. The summed E-state index contributed by atoms with van der Waals surface area (Å²) >= 11 is 0. The third-order valence-electron chi connectivity index (χ3n) is 3.19. The van der Waals surface area contributed by atoms with Gasteiger partial charge in [-0.15, -0.1) is 0 Å². The van der Waals surface area contributed by atoms with E-state index in [1.165, 1.54) is 11.3 Å². The second-order valence-electron chi connectivity index (χ2n) is 4.14. The molecular formula is C11H15N2+. The van der Waals surface area contributed by atoms with Crippen LogP contribution in [0.25, 0.3) is 0 Å². The van der Waals surface area contributed by atoms with E-state index >= 15 is 0 Å². The first-order valence-electron chi connectivity index (χ1n) is 4.58. The highest BCUT2D eigenvalue weighted by atomic mass is 15.1. The molecule has 0 saturated carbocycles. The van der Waals surface area contributed by atoms with Crippen molar-refractivity contribution in [1.29, 1.82) is 0 Å². The molecule has 0 radical (unpaired) electrons. The largest absolute Gasteiger partial charge is 0.326 e. The molecule has 1 aromatic heterocycles. The van der Waals surface area contributed by atoms with Gasteiger partial charge in [-0.05, 0) is 37.9 Å². The third kappa shape index (κ3) is 0.947. The molecule has 0 unspecified atom stereocenters. The second kappa shape index (κ2) is 2.41. The van der Waals surface area contributed by atoms with Crippen LogP contribution < -0.4 is 0 Å². The van der Waals surface area contributed by atoms with Gasteiger partial charge in [-0.3, -0.25) is 0 Å². The molecule has 0 saturated heterocycles. The summed E-state index contributed by atoms with van der Waals surface area (Å²) in [6, 6.07) is 4.17. The summed E-state index contributed by atoms with van der Waals surface area (Å²) in [6.07, 6.45) is 1.85. The fourth-order valence-electron chi connectivity index (χ4n) is 1.93. The number of rotatable bonds is 0. The molecule has 1 aliphatic heterocycles. The Hall–Kier alpha value is -1.18. The van der Waals surface area contributed by atoms with Crippen molar-refractivity contribution in [3.8, 4) is 0 Å². The van der Waals surface area contributed by atoms with E-state index in [9.17, 15) is 0 Å². The number of hydrogen-bond acceptors (Lipinski definition) is 1. The van der Waals surface area contributed by atoms with Gasteiger partial charge in [0.25, 0.3) is 0 Å². The fraction of sp³-hybridized carbons (Fsp3) is 0.455. The van der Waals surface area contributed by atoms with E-state index in [1.54, 1.807) is 0 Å². The van der Waals surface area contributed by atoms with E-state index in [-0.39, 0.29) is 5.41 Å². The molecule has 2 rings (SSSR count). The first-order valence-corrected chi connectivity index (χ1v) is 4.58. The van der Waals surface area contributed by atoms with Gasteiger partial charge < -0.3 is 0 Å². The Morgan fingerprint density at radius 3 is 2.69 bits per heavy atom. The summed E-state index contributed by atoms with van der Waals surface area (Å²) in [5.41, 5.74) is 2.83. The highest BCUT2D eigenvalue weighted by Crippen LogP contribution is 2.36. The predicted octanol–water partition coefficient (Wildman–Crippen LogP) is 2.11. The Balaban J connectivity index is 2.74. The lowest BCUT2D eigenvalue weighted by Gasteiger charge is -2.15. The van der Waals surface area contributed by atoms with Gasteiger partial charge in [0.05, 0.1) is 23.7 Å². The molecule has 0 amide bonds. The minimum absolute atomic E-state index is 0.137. The summed E-state index contributed by atoms with van der Waals surface area (Å²) < 4.78 is 2.18. The highest BCUT2D eigenvalue weighted by Gasteiger charge is 2.40. The van der Waals surface area contributed by atoms with Crippen LogP contribution in [0.3, 0.4) is 0 Å². The molecular weight excluding hydrogens is 160 g/mol. The molecule has 1 aliphatic rings. The molecule has 2 heterocycles. The Bertz CT molecular complexity index is 389. The smallest absolute Gasteiger partial charge is 0.234 e. The average molecular weight is 175 g/mol. The van der Waals surface area contributed by atoms with E-state index in [1.807, 2.05) is 12.3 Å². The van der Waals surface area contributed by atoms with Crippen LogP contribution in [0.1, 0.15) is 26.3 Å². The molecule has 0 fully saturated rings. The van der Waals surface area contributed by atoms with Crippen molar-refractivity contribution in [2.24, 2.45) is 0 Å². The van der Waals surface area contributed by atoms with Crippen molar-refractivity contribution >= 4 is 11.5 Å². The van der Waals surface area contributed by atoms with Crippen LogP contribution in [0.2, 0.25) is 0 Å². The zero-order valence-electron chi connectivity index (χ0n) is 8.63. The van der Waals surface area contributed by atoms with Crippen molar-refractivity contribution < 1.29 is 4.58 Å². The molecule has 0 aromatic carbocycles. The van der Waals surface area contributed by atoms with Crippen LogP contribution in [0.5, 0.6) is 0 Å². The maximum atomic E-state index is 4.39. The first-order chi connectivity index (χ1) is 6.05. The highest BCUT2D eigenvalue weighted by molar-refractivity contribution is 5.92. The van der Waals surface area contributed by atoms with Crippen LogP contribution in [0.4, 0.5) is 5.82 Å². The SMILES string of the molecule is CC1=[N+](C)c2ncccc2C1(C)C. The Morgan fingerprint density at radius 1 is 1.38 bits per heavy atom. The van der Waals surface area contributed by atoms with Crippen molar-refractivity contribution in [3.63, 3.8) is 0 Å². The van der Waals surface area contributed by atoms with Crippen molar-refractivity contribution in [2.75, 3.05) is 7.05 Å². The van der Waals surface area contributed by atoms with Gasteiger partial charge in [0, 0.05) is 0 Å². The van der Waals surface area contributed by atoms with E-state index in [0.29, 0.717) is 0 Å². The van der Waals surface area contributed by atoms with Gasteiger partial charge in [-0.1, -0.05) is 0 Å². The maximum absolute atomic E-state index is 4.39. The van der Waals surface area contributed by atoms with Crippen molar-refractivity contribution in [2.45, 2.75) is 26.2 Å². The van der Waals surface area contributed by atoms with Gasteiger partial charge in [0.2, 0.25) is 0 Å². The van der Waals surface area contributed by atoms with Crippen LogP contribution in [-0.4, -0.2) is 22.3 Å². The summed E-state index contributed by atoms with van der Waals surface area (Å²) in [6.45, 7) is 6.65. The van der Waals surface area contributed by atoms with Crippen molar-refractivity contribution in [1.82, 2.24) is 4.98 Å². The normalized spacial score (nSPS) is 19.1. The number of nitrogens with zero attached hydrogens (tertiary/aromatic N) is 2. The molecule has 68 valence electrons. The molecule has 0 N–H and O–H groups in total. The zero-order valence-corrected chi connectivity index (χ0v) is 8.63. The van der Waals surface area contributed by atoms with E-state index in [4.69, 9.17) is 0 Å². The maximum Gasteiger partial charge on any atom is 0.326 e. The molecule has 1 aromatic rings. The Morgan fingerprint density at radius 2 is 2.08 bits per heavy atom. The molecule has 2 heteroatoms. The molecule has 0 spiro atoms. The summed E-state index contributed by atoms with van der Waals surface area (Å²) in [5, 5.41) is 0. The van der Waals surface area contributed by atoms with Gasteiger partial charge in [0.15, 0.2) is 0 Å². The second-order valence-corrected chi connectivity index (χ2v) is 4.14. The number of hydrogen-bond donors (Lipinski definition) is 0. The number of fused-ring (bicyclic) bond motifs is 1. The lowest BCUT2D eigenvalue weighted by atomic mass is 9.83. The number of aromatic nitrogens is 1. The molecule has 0 atom stereocenters. The molecule has 0 bridgehead atoms. The fourth-order valence-corrected chi connectivity index (χ4v) is 1.93. The third-order valence-corrected chi connectivity index (χ3v) is 3.19. The predicted molar refractivity (Wildman–Crippen MR) is 53.8 cm³/mol. The summed E-state index contributed by atoms with van der Waals surface area (Å²) in [7, 11) is 2.08. The summed E-state index contributed by atoms with van der Waals surface area (Å²) in [5.74, 6) is 1.10. The Kier molecular flexibility index (Phi) is 1.56. The lowest BCUT2D eigenvalue weighted by molar-refractivity contribution is -0.407. The Labute approximate surface area is 78.9 Å². The number of pyridine rings is 1. The quantitative estimate of drug-likeness (QED) is 0.551. The van der Waals surface area contributed by atoms with E-state index < -0.39 is 0 Å². The van der Waals surface area contributed by atoms with Gasteiger partial charge in [-0.2, -0.15) is 0 Å². The van der Waals surface area contributed by atoms with Gasteiger partial charge in [-0.25, -0.2) is 4.58 Å². The lowest BCUT2D eigenvalue weighted by Crippen LogP contribution is -2.25.